The number of nitrogens with one attached hydrogen (secondary N) is 1. The van der Waals surface area contributed by atoms with Gasteiger partial charge in [-0.15, -0.1) is 0 Å². The number of ether oxygens (including phenoxy) is 2. The number of hydrogen-bond donors (Lipinski definition) is 1. The van der Waals surface area contributed by atoms with Gasteiger partial charge in [-0.2, -0.15) is 0 Å². The van der Waals surface area contributed by atoms with Crippen molar-refractivity contribution in [3.8, 4) is 11.5 Å². The van der Waals surface area contributed by atoms with E-state index in [1.54, 1.807) is 32.4 Å². The number of fused-ring (bicyclic) bond motifs is 1. The number of carbonyl (C=O) groups is 1. The van der Waals surface area contributed by atoms with Crippen molar-refractivity contribution < 1.29 is 14.3 Å². The number of amides is 1. The van der Waals surface area contributed by atoms with Crippen LogP contribution in [0.15, 0.2) is 36.5 Å². The molecule has 0 atom stereocenters. The molecule has 0 aliphatic rings. The number of anilines is 1. The highest BCUT2D eigenvalue weighted by atomic mass is 16.5. The standard InChI is InChI=1S/C19H21N3O3/c1-5-14-18(22-11-12(2)6-9-17(22)21-14)19(23)20-13-7-8-15(24-3)16(10-13)25-4/h6-11H,5H2,1-4H3,(H,20,23). The van der Waals surface area contributed by atoms with Crippen LogP contribution in [0, 0.1) is 6.92 Å². The molecule has 6 nitrogen and oxygen atoms in total. The summed E-state index contributed by atoms with van der Waals surface area (Å²) in [5.41, 5.74) is 3.78. The number of methoxy groups -OCH3 is 2. The summed E-state index contributed by atoms with van der Waals surface area (Å²) in [4.78, 5) is 17.4. The second kappa shape index (κ2) is 6.84. The Kier molecular flexibility index (Phi) is 4.61. The first-order valence-corrected chi connectivity index (χ1v) is 8.08. The molecule has 0 fully saturated rings. The van der Waals surface area contributed by atoms with Gasteiger partial charge >= 0.3 is 0 Å². The van der Waals surface area contributed by atoms with E-state index in [1.807, 2.05) is 36.6 Å². The van der Waals surface area contributed by atoms with E-state index in [4.69, 9.17) is 9.47 Å². The molecule has 1 aromatic carbocycles. The summed E-state index contributed by atoms with van der Waals surface area (Å²) in [7, 11) is 3.14. The topological polar surface area (TPSA) is 64.9 Å². The fourth-order valence-corrected chi connectivity index (χ4v) is 2.79. The van der Waals surface area contributed by atoms with Gasteiger partial charge in [0.25, 0.3) is 5.91 Å². The van der Waals surface area contributed by atoms with Crippen molar-refractivity contribution in [3.63, 3.8) is 0 Å². The van der Waals surface area contributed by atoms with Crippen LogP contribution in [-0.2, 0) is 6.42 Å². The first-order valence-electron chi connectivity index (χ1n) is 8.08. The molecule has 2 heterocycles. The average Bonchev–Trinajstić information content (AvgIpc) is 2.99. The SMILES string of the molecule is CCc1nc2ccc(C)cn2c1C(=O)Nc1ccc(OC)c(OC)c1. The lowest BCUT2D eigenvalue weighted by Gasteiger charge is -2.11. The minimum atomic E-state index is -0.206. The van der Waals surface area contributed by atoms with E-state index in [2.05, 4.69) is 10.3 Å². The Morgan fingerprint density at radius 2 is 1.92 bits per heavy atom. The van der Waals surface area contributed by atoms with E-state index in [9.17, 15) is 4.79 Å². The van der Waals surface area contributed by atoms with Crippen molar-refractivity contribution in [1.82, 2.24) is 9.38 Å². The molecule has 0 aliphatic heterocycles. The number of nitrogens with zero attached hydrogens (tertiary/aromatic N) is 2. The van der Waals surface area contributed by atoms with E-state index in [1.165, 1.54) is 0 Å². The van der Waals surface area contributed by atoms with Gasteiger partial charge in [0.2, 0.25) is 0 Å². The lowest BCUT2D eigenvalue weighted by Crippen LogP contribution is -2.16. The zero-order valence-electron chi connectivity index (χ0n) is 14.8. The van der Waals surface area contributed by atoms with Crippen LogP contribution in [0.25, 0.3) is 5.65 Å². The fourth-order valence-electron chi connectivity index (χ4n) is 2.79. The zero-order chi connectivity index (χ0) is 18.0. The second-order valence-electron chi connectivity index (χ2n) is 5.72. The van der Waals surface area contributed by atoms with Crippen LogP contribution in [-0.4, -0.2) is 29.5 Å². The number of pyridine rings is 1. The predicted molar refractivity (Wildman–Crippen MR) is 96.8 cm³/mol. The van der Waals surface area contributed by atoms with Gasteiger partial charge in [0.1, 0.15) is 11.3 Å². The monoisotopic (exact) mass is 339 g/mol. The molecule has 130 valence electrons. The largest absolute Gasteiger partial charge is 0.493 e. The van der Waals surface area contributed by atoms with Crippen molar-refractivity contribution in [1.29, 1.82) is 0 Å². The Hall–Kier alpha value is -3.02. The summed E-state index contributed by atoms with van der Waals surface area (Å²) in [5.74, 6) is 0.965. The highest BCUT2D eigenvalue weighted by molar-refractivity contribution is 6.04. The van der Waals surface area contributed by atoms with Crippen LogP contribution >= 0.6 is 0 Å². The molecule has 0 saturated heterocycles. The highest BCUT2D eigenvalue weighted by Crippen LogP contribution is 2.30. The molecular formula is C19H21N3O3. The third-order valence-electron chi connectivity index (χ3n) is 4.03. The normalized spacial score (nSPS) is 10.7. The highest BCUT2D eigenvalue weighted by Gasteiger charge is 2.19. The quantitative estimate of drug-likeness (QED) is 0.773. The fraction of sp³-hybridized carbons (Fsp3) is 0.263. The summed E-state index contributed by atoms with van der Waals surface area (Å²) in [6.45, 7) is 3.98. The average molecular weight is 339 g/mol. The minimum Gasteiger partial charge on any atom is -0.493 e. The van der Waals surface area contributed by atoms with Gasteiger partial charge in [-0.3, -0.25) is 9.20 Å². The van der Waals surface area contributed by atoms with Crippen molar-refractivity contribution in [2.75, 3.05) is 19.5 Å². The molecule has 1 N–H and O–H groups in total. The molecule has 3 aromatic rings. The number of hydrogen-bond acceptors (Lipinski definition) is 4. The van der Waals surface area contributed by atoms with Gasteiger partial charge in [0.15, 0.2) is 11.5 Å². The van der Waals surface area contributed by atoms with Crippen LogP contribution in [0.5, 0.6) is 11.5 Å². The number of rotatable bonds is 5. The maximum absolute atomic E-state index is 12.9. The molecule has 0 aliphatic carbocycles. The zero-order valence-corrected chi connectivity index (χ0v) is 14.8. The predicted octanol–water partition coefficient (Wildman–Crippen LogP) is 3.47. The molecule has 0 spiro atoms. The van der Waals surface area contributed by atoms with Crippen LogP contribution in [0.1, 0.15) is 28.7 Å². The molecule has 0 unspecified atom stereocenters. The third-order valence-corrected chi connectivity index (χ3v) is 4.03. The van der Waals surface area contributed by atoms with Crippen LogP contribution in [0.4, 0.5) is 5.69 Å². The molecular weight excluding hydrogens is 318 g/mol. The van der Waals surface area contributed by atoms with Gasteiger partial charge < -0.3 is 14.8 Å². The van der Waals surface area contributed by atoms with Gasteiger partial charge in [-0.1, -0.05) is 13.0 Å². The Morgan fingerprint density at radius 1 is 1.16 bits per heavy atom. The van der Waals surface area contributed by atoms with Crippen LogP contribution in [0.3, 0.4) is 0 Å². The third kappa shape index (κ3) is 3.15. The Labute approximate surface area is 146 Å². The van der Waals surface area contributed by atoms with E-state index in [0.717, 1.165) is 16.9 Å². The molecule has 1 amide bonds. The van der Waals surface area contributed by atoms with Crippen molar-refractivity contribution in [2.45, 2.75) is 20.3 Å². The molecule has 6 heteroatoms. The van der Waals surface area contributed by atoms with E-state index in [0.29, 0.717) is 29.3 Å². The molecule has 3 rings (SSSR count). The first-order chi connectivity index (χ1) is 12.1. The number of aromatic nitrogens is 2. The maximum Gasteiger partial charge on any atom is 0.274 e. The van der Waals surface area contributed by atoms with Crippen molar-refractivity contribution in [2.24, 2.45) is 0 Å². The van der Waals surface area contributed by atoms with E-state index in [-0.39, 0.29) is 5.91 Å². The first kappa shape index (κ1) is 16.8. The summed E-state index contributed by atoms with van der Waals surface area (Å²) >= 11 is 0. The second-order valence-corrected chi connectivity index (χ2v) is 5.72. The lowest BCUT2D eigenvalue weighted by atomic mass is 10.2. The lowest BCUT2D eigenvalue weighted by molar-refractivity contribution is 0.102. The summed E-state index contributed by atoms with van der Waals surface area (Å²) < 4.78 is 12.3. The Bertz CT molecular complexity index is 931. The van der Waals surface area contributed by atoms with Crippen LogP contribution < -0.4 is 14.8 Å². The van der Waals surface area contributed by atoms with Crippen LogP contribution in [0.2, 0.25) is 0 Å². The minimum absolute atomic E-state index is 0.206. The summed E-state index contributed by atoms with van der Waals surface area (Å²) in [6.07, 6.45) is 2.60. The van der Waals surface area contributed by atoms with Gasteiger partial charge in [0.05, 0.1) is 19.9 Å². The van der Waals surface area contributed by atoms with E-state index < -0.39 is 0 Å². The molecule has 25 heavy (non-hydrogen) atoms. The Balaban J connectivity index is 1.99. The number of aryl methyl sites for hydroxylation is 2. The number of imidazole rings is 1. The van der Waals surface area contributed by atoms with Gasteiger partial charge in [0, 0.05) is 18.0 Å². The van der Waals surface area contributed by atoms with E-state index >= 15 is 0 Å². The smallest absolute Gasteiger partial charge is 0.274 e. The van der Waals surface area contributed by atoms with Crippen molar-refractivity contribution in [3.05, 3.63) is 53.5 Å². The number of benzene rings is 1. The maximum atomic E-state index is 12.9. The van der Waals surface area contributed by atoms with Gasteiger partial charge in [-0.05, 0) is 37.1 Å². The molecule has 0 radical (unpaired) electrons. The van der Waals surface area contributed by atoms with Gasteiger partial charge in [-0.25, -0.2) is 4.98 Å². The molecule has 2 aromatic heterocycles. The number of carbonyl (C=O) groups excluding carboxylic acids is 1. The summed E-state index contributed by atoms with van der Waals surface area (Å²) in [5, 5.41) is 2.92. The van der Waals surface area contributed by atoms with Crippen molar-refractivity contribution >= 4 is 17.2 Å². The molecule has 0 saturated carbocycles. The molecule has 0 bridgehead atoms. The Morgan fingerprint density at radius 3 is 2.60 bits per heavy atom. The summed E-state index contributed by atoms with van der Waals surface area (Å²) in [6, 6.07) is 9.17.